The number of piperidine rings is 1. The Morgan fingerprint density at radius 2 is 2.00 bits per heavy atom. The van der Waals surface area contributed by atoms with Crippen LogP contribution in [0.25, 0.3) is 0 Å². The number of nitrogens with zero attached hydrogens (tertiary/aromatic N) is 1. The van der Waals surface area contributed by atoms with Gasteiger partial charge in [0, 0.05) is 25.2 Å². The number of ether oxygens (including phenoxy) is 1. The van der Waals surface area contributed by atoms with Crippen LogP contribution in [0.3, 0.4) is 0 Å². The molecule has 0 spiro atoms. The summed E-state index contributed by atoms with van der Waals surface area (Å²) >= 11 is 0. The van der Waals surface area contributed by atoms with Crippen LogP contribution in [-0.4, -0.2) is 49.3 Å². The quantitative estimate of drug-likeness (QED) is 0.834. The Morgan fingerprint density at radius 1 is 1.22 bits per heavy atom. The fourth-order valence-corrected chi connectivity index (χ4v) is 3.55. The average Bonchev–Trinajstić information content (AvgIpc) is 2.39. The van der Waals surface area contributed by atoms with E-state index in [2.05, 4.69) is 31.1 Å². The predicted molar refractivity (Wildman–Crippen MR) is 75.9 cm³/mol. The third-order valence-electron chi connectivity index (χ3n) is 4.88. The molecule has 0 radical (unpaired) electrons. The van der Waals surface area contributed by atoms with Crippen molar-refractivity contribution in [3.05, 3.63) is 0 Å². The van der Waals surface area contributed by atoms with Crippen LogP contribution in [0.1, 0.15) is 52.4 Å². The van der Waals surface area contributed by atoms with Crippen molar-refractivity contribution in [2.24, 2.45) is 0 Å². The van der Waals surface area contributed by atoms with Crippen molar-refractivity contribution in [1.82, 2.24) is 10.2 Å². The number of likely N-dealkylation sites (tertiary alicyclic amines) is 1. The van der Waals surface area contributed by atoms with Gasteiger partial charge in [-0.15, -0.1) is 0 Å². The number of nitrogens with one attached hydrogen (secondary N) is 1. The fraction of sp³-hybridized carbons (Fsp3) is 1.00. The van der Waals surface area contributed by atoms with E-state index < -0.39 is 0 Å². The maximum absolute atomic E-state index is 6.05. The third-order valence-corrected chi connectivity index (χ3v) is 4.88. The molecule has 3 heteroatoms. The molecular weight excluding hydrogens is 224 g/mol. The Kier molecular flexibility index (Phi) is 5.05. The van der Waals surface area contributed by atoms with E-state index in [4.69, 9.17) is 4.74 Å². The topological polar surface area (TPSA) is 24.5 Å². The molecule has 2 rings (SSSR count). The predicted octanol–water partition coefficient (Wildman–Crippen LogP) is 2.41. The second kappa shape index (κ2) is 6.36. The van der Waals surface area contributed by atoms with E-state index in [1.807, 2.05) is 0 Å². The molecule has 2 atom stereocenters. The van der Waals surface area contributed by atoms with Crippen molar-refractivity contribution in [3.63, 3.8) is 0 Å². The molecule has 2 unspecified atom stereocenters. The molecule has 0 saturated carbocycles. The Bertz CT molecular complexity index is 253. The first-order valence-electron chi connectivity index (χ1n) is 7.76. The minimum atomic E-state index is 0.149. The van der Waals surface area contributed by atoms with Gasteiger partial charge >= 0.3 is 0 Å². The van der Waals surface area contributed by atoms with Gasteiger partial charge in [-0.25, -0.2) is 0 Å². The monoisotopic (exact) mass is 254 g/mol. The van der Waals surface area contributed by atoms with Crippen LogP contribution in [0.15, 0.2) is 0 Å². The largest absolute Gasteiger partial charge is 0.375 e. The van der Waals surface area contributed by atoms with E-state index in [0.717, 1.165) is 19.4 Å². The second-order valence-electron chi connectivity index (χ2n) is 6.20. The van der Waals surface area contributed by atoms with Crippen LogP contribution in [-0.2, 0) is 4.74 Å². The zero-order valence-corrected chi connectivity index (χ0v) is 12.4. The molecular formula is C15H30N2O. The van der Waals surface area contributed by atoms with Gasteiger partial charge in [0.2, 0.25) is 0 Å². The number of likely N-dealkylation sites (N-methyl/N-ethyl adjacent to an activating group) is 1. The first-order valence-corrected chi connectivity index (χ1v) is 7.76. The highest BCUT2D eigenvalue weighted by atomic mass is 16.5. The van der Waals surface area contributed by atoms with Crippen molar-refractivity contribution >= 4 is 0 Å². The Hall–Kier alpha value is -0.120. The molecule has 2 aliphatic heterocycles. The summed E-state index contributed by atoms with van der Waals surface area (Å²) in [5.41, 5.74) is 0.149. The van der Waals surface area contributed by atoms with E-state index in [0.29, 0.717) is 12.1 Å². The highest BCUT2D eigenvalue weighted by Crippen LogP contribution is 2.31. The maximum atomic E-state index is 6.05. The van der Waals surface area contributed by atoms with Gasteiger partial charge in [0.1, 0.15) is 0 Å². The summed E-state index contributed by atoms with van der Waals surface area (Å²) in [7, 11) is 2.24. The van der Waals surface area contributed by atoms with Crippen molar-refractivity contribution in [2.45, 2.75) is 70.1 Å². The highest BCUT2D eigenvalue weighted by molar-refractivity contribution is 4.90. The number of rotatable bonds is 4. The lowest BCUT2D eigenvalue weighted by molar-refractivity contribution is -0.0946. The van der Waals surface area contributed by atoms with E-state index >= 15 is 0 Å². The van der Waals surface area contributed by atoms with Crippen molar-refractivity contribution in [3.8, 4) is 0 Å². The summed E-state index contributed by atoms with van der Waals surface area (Å²) in [6.07, 6.45) is 7.34. The second-order valence-corrected chi connectivity index (χ2v) is 6.20. The third kappa shape index (κ3) is 3.46. The summed E-state index contributed by atoms with van der Waals surface area (Å²) in [5.74, 6) is 0. The highest BCUT2D eigenvalue weighted by Gasteiger charge is 2.35. The van der Waals surface area contributed by atoms with Gasteiger partial charge in [-0.2, -0.15) is 0 Å². The van der Waals surface area contributed by atoms with Gasteiger partial charge in [-0.3, -0.25) is 0 Å². The molecule has 2 aliphatic rings. The number of hydrogen-bond acceptors (Lipinski definition) is 3. The minimum Gasteiger partial charge on any atom is -0.375 e. The lowest BCUT2D eigenvalue weighted by Gasteiger charge is -2.42. The summed E-state index contributed by atoms with van der Waals surface area (Å²) in [5, 5.41) is 3.89. The normalized spacial score (nSPS) is 33.5. The van der Waals surface area contributed by atoms with E-state index in [9.17, 15) is 0 Å². The van der Waals surface area contributed by atoms with Crippen LogP contribution in [0.5, 0.6) is 0 Å². The zero-order valence-electron chi connectivity index (χ0n) is 12.4. The Morgan fingerprint density at radius 3 is 2.67 bits per heavy atom. The molecule has 0 aliphatic carbocycles. The Balaban J connectivity index is 1.85. The van der Waals surface area contributed by atoms with Crippen molar-refractivity contribution in [2.75, 3.05) is 26.7 Å². The molecule has 2 heterocycles. The van der Waals surface area contributed by atoms with E-state index in [1.165, 1.54) is 38.8 Å². The smallest absolute Gasteiger partial charge is 0.0692 e. The number of hydrogen-bond donors (Lipinski definition) is 1. The van der Waals surface area contributed by atoms with Crippen LogP contribution in [0.4, 0.5) is 0 Å². The molecule has 0 aromatic carbocycles. The summed E-state index contributed by atoms with van der Waals surface area (Å²) in [6.45, 7) is 7.94. The molecule has 1 N–H and O–H groups in total. The van der Waals surface area contributed by atoms with E-state index in [-0.39, 0.29) is 5.60 Å². The fourth-order valence-electron chi connectivity index (χ4n) is 3.55. The average molecular weight is 254 g/mol. The SMILES string of the molecule is CCC1(CC)CC(NC2CCCN(C)C2)CCO1. The molecule has 3 nitrogen and oxygen atoms in total. The molecule has 2 saturated heterocycles. The van der Waals surface area contributed by atoms with Crippen LogP contribution in [0, 0.1) is 0 Å². The Labute approximate surface area is 112 Å². The lowest BCUT2D eigenvalue weighted by atomic mass is 9.85. The maximum Gasteiger partial charge on any atom is 0.0692 e. The molecule has 0 bridgehead atoms. The molecule has 18 heavy (non-hydrogen) atoms. The van der Waals surface area contributed by atoms with Crippen LogP contribution < -0.4 is 5.32 Å². The van der Waals surface area contributed by atoms with Crippen LogP contribution >= 0.6 is 0 Å². The minimum absolute atomic E-state index is 0.149. The molecule has 106 valence electrons. The van der Waals surface area contributed by atoms with Gasteiger partial charge in [-0.1, -0.05) is 13.8 Å². The molecule has 2 fully saturated rings. The molecule has 0 aromatic heterocycles. The summed E-state index contributed by atoms with van der Waals surface area (Å²) < 4.78 is 6.05. The summed E-state index contributed by atoms with van der Waals surface area (Å²) in [6, 6.07) is 1.36. The van der Waals surface area contributed by atoms with Gasteiger partial charge in [-0.05, 0) is 52.1 Å². The van der Waals surface area contributed by atoms with E-state index in [1.54, 1.807) is 0 Å². The first-order chi connectivity index (χ1) is 8.67. The van der Waals surface area contributed by atoms with Gasteiger partial charge < -0.3 is 15.0 Å². The first kappa shape index (κ1) is 14.3. The molecule has 0 amide bonds. The standard InChI is InChI=1S/C15H30N2O/c1-4-15(5-2)11-13(8-10-18-15)16-14-7-6-9-17(3)12-14/h13-14,16H,4-12H2,1-3H3. The molecule has 0 aromatic rings. The zero-order chi connectivity index (χ0) is 13.0. The summed E-state index contributed by atoms with van der Waals surface area (Å²) in [4.78, 5) is 2.45. The van der Waals surface area contributed by atoms with Gasteiger partial charge in [0.25, 0.3) is 0 Å². The van der Waals surface area contributed by atoms with Crippen molar-refractivity contribution in [1.29, 1.82) is 0 Å². The lowest BCUT2D eigenvalue weighted by Crippen LogP contribution is -2.53. The van der Waals surface area contributed by atoms with Crippen LogP contribution in [0.2, 0.25) is 0 Å². The van der Waals surface area contributed by atoms with Gasteiger partial charge in [0.15, 0.2) is 0 Å². The van der Waals surface area contributed by atoms with Crippen molar-refractivity contribution < 1.29 is 4.74 Å². The van der Waals surface area contributed by atoms with Gasteiger partial charge in [0.05, 0.1) is 5.60 Å².